The largest absolute Gasteiger partial charge is 0.460 e. The molecular weight excluding hydrogens is 364 g/mol. The van der Waals surface area contributed by atoms with Gasteiger partial charge >= 0.3 is 5.97 Å². The summed E-state index contributed by atoms with van der Waals surface area (Å²) in [6, 6.07) is 0. The lowest BCUT2D eigenvalue weighted by Crippen LogP contribution is -2.10. The minimum atomic E-state index is -0.528. The lowest BCUT2D eigenvalue weighted by molar-refractivity contribution is -0.145. The summed E-state index contributed by atoms with van der Waals surface area (Å²) in [5.41, 5.74) is 0. The van der Waals surface area contributed by atoms with E-state index in [0.29, 0.717) is 6.42 Å². The molecule has 2 N–H and O–H groups in total. The summed E-state index contributed by atoms with van der Waals surface area (Å²) >= 11 is 0. The van der Waals surface area contributed by atoms with Gasteiger partial charge in [0, 0.05) is 6.42 Å². The molecule has 0 saturated carbocycles. The lowest BCUT2D eigenvalue weighted by atomic mass is 9.97. The molecule has 3 atom stereocenters. The molecule has 164 valence electrons. The van der Waals surface area contributed by atoms with Crippen LogP contribution in [0.1, 0.15) is 103 Å². The number of hydrogen-bond donors (Lipinski definition) is 2. The van der Waals surface area contributed by atoms with Crippen molar-refractivity contribution < 1.29 is 19.7 Å². The Hall–Kier alpha value is -1.49. The summed E-state index contributed by atoms with van der Waals surface area (Å²) < 4.78 is 5.10. The van der Waals surface area contributed by atoms with E-state index in [4.69, 9.17) is 9.84 Å². The van der Waals surface area contributed by atoms with Gasteiger partial charge in [-0.3, -0.25) is 4.79 Å². The molecule has 0 spiro atoms. The Morgan fingerprint density at radius 3 is 2.34 bits per heavy atom. The number of rotatable bonds is 15. The highest BCUT2D eigenvalue weighted by Gasteiger charge is 2.33. The van der Waals surface area contributed by atoms with E-state index in [9.17, 15) is 9.90 Å². The van der Waals surface area contributed by atoms with Gasteiger partial charge in [-0.05, 0) is 43.9 Å². The van der Waals surface area contributed by atoms with Crippen LogP contribution in [-0.4, -0.2) is 35.0 Å². The molecule has 0 bridgehead atoms. The summed E-state index contributed by atoms with van der Waals surface area (Å²) in [5, 5.41) is 18.7. The van der Waals surface area contributed by atoms with E-state index in [1.54, 1.807) is 0 Å². The maximum absolute atomic E-state index is 11.6. The molecule has 29 heavy (non-hydrogen) atoms. The van der Waals surface area contributed by atoms with E-state index >= 15 is 0 Å². The summed E-state index contributed by atoms with van der Waals surface area (Å²) in [6.07, 6.45) is 15.3. The van der Waals surface area contributed by atoms with Gasteiger partial charge in [-0.15, -0.1) is 0 Å². The fourth-order valence-corrected chi connectivity index (χ4v) is 3.62. The molecule has 0 radical (unpaired) electrons. The molecule has 1 saturated heterocycles. The summed E-state index contributed by atoms with van der Waals surface area (Å²) in [6.45, 7) is 2.10. The van der Waals surface area contributed by atoms with Crippen molar-refractivity contribution in [3.63, 3.8) is 0 Å². The fourth-order valence-electron chi connectivity index (χ4n) is 3.62. The van der Waals surface area contributed by atoms with Crippen molar-refractivity contribution in [2.75, 3.05) is 6.61 Å². The van der Waals surface area contributed by atoms with Gasteiger partial charge in [0.05, 0.1) is 12.5 Å². The first-order valence-electron chi connectivity index (χ1n) is 11.6. The van der Waals surface area contributed by atoms with Crippen LogP contribution in [0.2, 0.25) is 0 Å². The molecular formula is C25H40O4. The molecule has 1 aliphatic rings. The van der Waals surface area contributed by atoms with E-state index < -0.39 is 6.10 Å². The second kappa shape index (κ2) is 17.4. The van der Waals surface area contributed by atoms with Crippen molar-refractivity contribution in [1.29, 1.82) is 0 Å². The van der Waals surface area contributed by atoms with Crippen molar-refractivity contribution >= 4 is 5.97 Å². The SMILES string of the molecule is CCCCCC(O)C#CC#CCCCCCCCCCCC1CC(CO)OC1=O. The highest BCUT2D eigenvalue weighted by molar-refractivity contribution is 5.74. The van der Waals surface area contributed by atoms with Crippen LogP contribution in [0.25, 0.3) is 0 Å². The summed E-state index contributed by atoms with van der Waals surface area (Å²) in [4.78, 5) is 11.6. The van der Waals surface area contributed by atoms with Gasteiger partial charge in [-0.2, -0.15) is 0 Å². The molecule has 0 aromatic carbocycles. The minimum Gasteiger partial charge on any atom is -0.460 e. The monoisotopic (exact) mass is 404 g/mol. The van der Waals surface area contributed by atoms with E-state index in [2.05, 4.69) is 30.6 Å². The molecule has 1 rings (SSSR count). The normalized spacial score (nSPS) is 19.1. The van der Waals surface area contributed by atoms with Crippen LogP contribution >= 0.6 is 0 Å². The topological polar surface area (TPSA) is 66.8 Å². The molecule has 4 nitrogen and oxygen atoms in total. The van der Waals surface area contributed by atoms with Crippen molar-refractivity contribution in [2.24, 2.45) is 5.92 Å². The quantitative estimate of drug-likeness (QED) is 0.235. The Labute approximate surface area is 177 Å². The third-order valence-electron chi connectivity index (χ3n) is 5.44. The zero-order valence-electron chi connectivity index (χ0n) is 18.3. The molecule has 0 amide bonds. The Balaban J connectivity index is 1.88. The molecule has 1 fully saturated rings. The van der Waals surface area contributed by atoms with Crippen LogP contribution in [0.3, 0.4) is 0 Å². The standard InChI is InChI=1S/C25H40O4/c1-2-3-14-18-23(27)19-16-13-11-9-7-5-4-6-8-10-12-15-17-22-20-24(21-26)29-25(22)28/h22-24,26-27H,2-10,12,14-15,17-18,20-21H2,1H3. The molecule has 0 aromatic heterocycles. The van der Waals surface area contributed by atoms with Crippen LogP contribution in [-0.2, 0) is 9.53 Å². The number of cyclic esters (lactones) is 1. The highest BCUT2D eigenvalue weighted by atomic mass is 16.6. The first-order valence-corrected chi connectivity index (χ1v) is 11.6. The van der Waals surface area contributed by atoms with Crippen molar-refractivity contribution in [2.45, 2.75) is 115 Å². The average molecular weight is 405 g/mol. The number of carbonyl (C=O) groups is 1. The van der Waals surface area contributed by atoms with Gasteiger partial charge in [0.25, 0.3) is 0 Å². The van der Waals surface area contributed by atoms with E-state index in [1.165, 1.54) is 38.5 Å². The third kappa shape index (κ3) is 13.4. The number of ether oxygens (including phenoxy) is 1. The zero-order chi connectivity index (χ0) is 21.2. The Kier molecular flexibility index (Phi) is 15.3. The number of carbonyl (C=O) groups excluding carboxylic acids is 1. The Morgan fingerprint density at radius 1 is 1.00 bits per heavy atom. The van der Waals surface area contributed by atoms with Crippen LogP contribution < -0.4 is 0 Å². The van der Waals surface area contributed by atoms with E-state index in [1.807, 2.05) is 0 Å². The number of aliphatic hydroxyl groups excluding tert-OH is 2. The molecule has 0 aromatic rings. The minimum absolute atomic E-state index is 0.00210. The predicted octanol–water partition coefficient (Wildman–Crippen LogP) is 4.76. The smallest absolute Gasteiger partial charge is 0.309 e. The predicted molar refractivity (Wildman–Crippen MR) is 117 cm³/mol. The van der Waals surface area contributed by atoms with Crippen molar-refractivity contribution in [1.82, 2.24) is 0 Å². The highest BCUT2D eigenvalue weighted by Crippen LogP contribution is 2.26. The van der Waals surface area contributed by atoms with Crippen LogP contribution in [0.15, 0.2) is 0 Å². The van der Waals surface area contributed by atoms with Gasteiger partial charge < -0.3 is 14.9 Å². The zero-order valence-corrected chi connectivity index (χ0v) is 18.3. The average Bonchev–Trinajstić information content (AvgIpc) is 3.08. The lowest BCUT2D eigenvalue weighted by Gasteiger charge is -2.05. The van der Waals surface area contributed by atoms with Crippen LogP contribution in [0.4, 0.5) is 0 Å². The van der Waals surface area contributed by atoms with Gasteiger partial charge in [0.2, 0.25) is 0 Å². The summed E-state index contributed by atoms with van der Waals surface area (Å²) in [7, 11) is 0. The number of unbranched alkanes of at least 4 members (excludes halogenated alkanes) is 10. The van der Waals surface area contributed by atoms with Crippen molar-refractivity contribution in [3.05, 3.63) is 0 Å². The van der Waals surface area contributed by atoms with Crippen LogP contribution in [0, 0.1) is 29.6 Å². The number of aliphatic hydroxyl groups is 2. The second-order valence-electron chi connectivity index (χ2n) is 8.12. The third-order valence-corrected chi connectivity index (χ3v) is 5.44. The fraction of sp³-hybridized carbons (Fsp3) is 0.800. The van der Waals surface area contributed by atoms with Crippen LogP contribution in [0.5, 0.6) is 0 Å². The maximum Gasteiger partial charge on any atom is 0.309 e. The Morgan fingerprint density at radius 2 is 1.69 bits per heavy atom. The molecule has 4 heteroatoms. The number of hydrogen-bond acceptors (Lipinski definition) is 4. The van der Waals surface area contributed by atoms with Gasteiger partial charge in [0.15, 0.2) is 0 Å². The van der Waals surface area contributed by atoms with Crippen molar-refractivity contribution in [3.8, 4) is 23.7 Å². The molecule has 0 aliphatic carbocycles. The van der Waals surface area contributed by atoms with Gasteiger partial charge in [0.1, 0.15) is 12.2 Å². The van der Waals surface area contributed by atoms with Gasteiger partial charge in [-0.1, -0.05) is 76.6 Å². The summed E-state index contributed by atoms with van der Waals surface area (Å²) in [5.74, 6) is 11.4. The van der Waals surface area contributed by atoms with E-state index in [0.717, 1.165) is 51.4 Å². The first-order chi connectivity index (χ1) is 14.2. The molecule has 1 aliphatic heterocycles. The molecule has 1 heterocycles. The van der Waals surface area contributed by atoms with E-state index in [-0.39, 0.29) is 24.6 Å². The molecule has 3 unspecified atom stereocenters. The Bertz CT molecular complexity index is 549. The second-order valence-corrected chi connectivity index (χ2v) is 8.12. The first kappa shape index (κ1) is 25.5. The van der Waals surface area contributed by atoms with Gasteiger partial charge in [-0.25, -0.2) is 0 Å². The maximum atomic E-state index is 11.6. The number of esters is 1.